The van der Waals surface area contributed by atoms with Gasteiger partial charge in [0.05, 0.1) is 32.0 Å². The fourth-order valence-corrected chi connectivity index (χ4v) is 2.17. The van der Waals surface area contributed by atoms with Crippen molar-refractivity contribution in [2.75, 3.05) is 26.2 Å². The number of aromatic nitrogens is 2. The molecule has 2 atom stereocenters. The van der Waals surface area contributed by atoms with Crippen molar-refractivity contribution in [2.24, 2.45) is 5.73 Å². The van der Waals surface area contributed by atoms with Gasteiger partial charge in [-0.2, -0.15) is 0 Å². The highest BCUT2D eigenvalue weighted by atomic mass is 16.4. The third kappa shape index (κ3) is 10.7. The Morgan fingerprint density at radius 3 is 2.06 bits per heavy atom. The number of hydrogen-bond donors (Lipinski definition) is 8. The zero-order valence-electron chi connectivity index (χ0n) is 17.3. The summed E-state index contributed by atoms with van der Waals surface area (Å²) in [5, 5.41) is 19.8. The zero-order valence-corrected chi connectivity index (χ0v) is 17.3. The van der Waals surface area contributed by atoms with Gasteiger partial charge in [0.15, 0.2) is 0 Å². The SMILES string of the molecule is C[C@H](N)C(=O)NCC(=O)N[C@@H](Cc1cnc[nH]1)C(=O)NCC(=O)NCC(=O)NCC(=O)O. The number of imidazole rings is 1. The second-order valence-corrected chi connectivity index (χ2v) is 6.57. The molecule has 0 unspecified atom stereocenters. The van der Waals surface area contributed by atoms with E-state index in [9.17, 15) is 28.8 Å². The van der Waals surface area contributed by atoms with E-state index in [-0.39, 0.29) is 6.42 Å². The van der Waals surface area contributed by atoms with E-state index < -0.39 is 73.8 Å². The highest BCUT2D eigenvalue weighted by molar-refractivity contribution is 5.93. The van der Waals surface area contributed by atoms with Crippen molar-refractivity contribution in [3.63, 3.8) is 0 Å². The van der Waals surface area contributed by atoms with E-state index in [1.165, 1.54) is 19.4 Å². The van der Waals surface area contributed by atoms with Crippen LogP contribution in [-0.4, -0.2) is 88.8 Å². The van der Waals surface area contributed by atoms with Crippen LogP contribution < -0.4 is 32.3 Å². The van der Waals surface area contributed by atoms with Crippen LogP contribution in [0.3, 0.4) is 0 Å². The van der Waals surface area contributed by atoms with Crippen molar-refractivity contribution >= 4 is 35.5 Å². The maximum absolute atomic E-state index is 12.5. The molecule has 9 N–H and O–H groups in total. The van der Waals surface area contributed by atoms with Crippen molar-refractivity contribution < 1.29 is 33.9 Å². The van der Waals surface area contributed by atoms with Crippen LogP contribution >= 0.6 is 0 Å². The summed E-state index contributed by atoms with van der Waals surface area (Å²) >= 11 is 0. The molecule has 0 saturated heterocycles. The first-order valence-corrected chi connectivity index (χ1v) is 9.41. The third-order valence-electron chi connectivity index (χ3n) is 3.77. The van der Waals surface area contributed by atoms with Crippen LogP contribution in [0.15, 0.2) is 12.5 Å². The van der Waals surface area contributed by atoms with Gasteiger partial charge in [0.2, 0.25) is 29.5 Å². The molecule has 0 aromatic carbocycles. The van der Waals surface area contributed by atoms with Crippen LogP contribution in [0.25, 0.3) is 0 Å². The minimum atomic E-state index is -1.24. The Bertz CT molecular complexity index is 825. The molecule has 1 aromatic rings. The summed E-state index contributed by atoms with van der Waals surface area (Å²) in [5.74, 6) is -4.56. The minimum absolute atomic E-state index is 0.0258. The summed E-state index contributed by atoms with van der Waals surface area (Å²) in [6.45, 7) is -0.524. The number of H-pyrrole nitrogens is 1. The average molecular weight is 454 g/mol. The summed E-state index contributed by atoms with van der Waals surface area (Å²) in [4.78, 5) is 76.2. The highest BCUT2D eigenvalue weighted by Gasteiger charge is 2.23. The van der Waals surface area contributed by atoms with E-state index in [0.29, 0.717) is 5.69 Å². The molecule has 15 heteroatoms. The van der Waals surface area contributed by atoms with Gasteiger partial charge in [-0.1, -0.05) is 0 Å². The molecule has 0 aliphatic carbocycles. The van der Waals surface area contributed by atoms with E-state index in [1.54, 1.807) is 0 Å². The average Bonchev–Trinajstić information content (AvgIpc) is 3.25. The molecule has 15 nitrogen and oxygen atoms in total. The van der Waals surface area contributed by atoms with E-state index in [2.05, 4.69) is 36.6 Å². The number of hydrogen-bond acceptors (Lipinski definition) is 8. The van der Waals surface area contributed by atoms with Crippen LogP contribution in [0.4, 0.5) is 0 Å². The molecule has 1 aromatic heterocycles. The van der Waals surface area contributed by atoms with Crippen molar-refractivity contribution in [2.45, 2.75) is 25.4 Å². The van der Waals surface area contributed by atoms with Gasteiger partial charge in [-0.3, -0.25) is 28.8 Å². The molecular formula is C17H26N8O7. The summed E-state index contributed by atoms with van der Waals surface area (Å²) in [5.41, 5.74) is 5.93. The Morgan fingerprint density at radius 1 is 0.938 bits per heavy atom. The van der Waals surface area contributed by atoms with E-state index in [0.717, 1.165) is 0 Å². The number of carbonyl (C=O) groups is 6. The smallest absolute Gasteiger partial charge is 0.322 e. The van der Waals surface area contributed by atoms with E-state index in [1.807, 2.05) is 0 Å². The minimum Gasteiger partial charge on any atom is -0.480 e. The number of rotatable bonds is 13. The zero-order chi connectivity index (χ0) is 24.1. The lowest BCUT2D eigenvalue weighted by Crippen LogP contribution is -2.53. The van der Waals surface area contributed by atoms with Crippen LogP contribution in [0.5, 0.6) is 0 Å². The largest absolute Gasteiger partial charge is 0.480 e. The number of carboxylic acids is 1. The van der Waals surface area contributed by atoms with Crippen molar-refractivity contribution in [1.82, 2.24) is 36.6 Å². The molecule has 0 fully saturated rings. The number of nitrogens with one attached hydrogen (secondary N) is 6. The van der Waals surface area contributed by atoms with Gasteiger partial charge in [0.25, 0.3) is 0 Å². The predicted molar refractivity (Wildman–Crippen MR) is 108 cm³/mol. The third-order valence-corrected chi connectivity index (χ3v) is 3.77. The number of carbonyl (C=O) groups excluding carboxylic acids is 5. The van der Waals surface area contributed by atoms with Gasteiger partial charge in [0.1, 0.15) is 12.6 Å². The molecule has 0 radical (unpaired) electrons. The summed E-state index contributed by atoms with van der Waals surface area (Å²) in [7, 11) is 0. The second-order valence-electron chi connectivity index (χ2n) is 6.57. The van der Waals surface area contributed by atoms with Crippen molar-refractivity contribution in [3.8, 4) is 0 Å². The van der Waals surface area contributed by atoms with Gasteiger partial charge in [-0.05, 0) is 6.92 Å². The molecule has 0 aliphatic rings. The number of nitrogens with two attached hydrogens (primary N) is 1. The maximum Gasteiger partial charge on any atom is 0.322 e. The Kier molecular flexibility index (Phi) is 10.8. The molecule has 0 spiro atoms. The van der Waals surface area contributed by atoms with E-state index in [4.69, 9.17) is 10.8 Å². The normalized spacial score (nSPS) is 12.1. The lowest BCUT2D eigenvalue weighted by Gasteiger charge is -2.18. The molecule has 0 bridgehead atoms. The topological polar surface area (TPSA) is 237 Å². The Morgan fingerprint density at radius 2 is 1.50 bits per heavy atom. The van der Waals surface area contributed by atoms with Gasteiger partial charge < -0.3 is 42.4 Å². The molecule has 32 heavy (non-hydrogen) atoms. The van der Waals surface area contributed by atoms with E-state index >= 15 is 0 Å². The number of aromatic amines is 1. The molecule has 1 heterocycles. The van der Waals surface area contributed by atoms with Gasteiger partial charge in [-0.15, -0.1) is 0 Å². The van der Waals surface area contributed by atoms with Crippen LogP contribution in [0.2, 0.25) is 0 Å². The number of aliphatic carboxylic acids is 1. The first kappa shape index (κ1) is 26.0. The van der Waals surface area contributed by atoms with Crippen molar-refractivity contribution in [3.05, 3.63) is 18.2 Å². The molecule has 5 amide bonds. The molecule has 1 rings (SSSR count). The van der Waals surface area contributed by atoms with Gasteiger partial charge in [-0.25, -0.2) is 4.98 Å². The molecule has 0 aliphatic heterocycles. The summed E-state index contributed by atoms with van der Waals surface area (Å²) < 4.78 is 0. The molecular weight excluding hydrogens is 428 g/mol. The quantitative estimate of drug-likeness (QED) is 0.143. The lowest BCUT2D eigenvalue weighted by molar-refractivity contribution is -0.137. The molecule has 0 saturated carbocycles. The number of amides is 5. The molecule has 176 valence electrons. The Labute approximate surface area is 182 Å². The van der Waals surface area contributed by atoms with Crippen molar-refractivity contribution in [1.29, 1.82) is 0 Å². The Hall–Kier alpha value is -4.01. The Balaban J connectivity index is 2.55. The number of carboxylic acid groups (broad SMARTS) is 1. The van der Waals surface area contributed by atoms with Crippen LogP contribution in [-0.2, 0) is 35.2 Å². The lowest BCUT2D eigenvalue weighted by atomic mass is 10.1. The van der Waals surface area contributed by atoms with Gasteiger partial charge in [0, 0.05) is 18.3 Å². The maximum atomic E-state index is 12.5. The standard InChI is InChI=1S/C17H26N8O7/c1-9(18)16(31)22-6-14(28)25-11(2-10-3-19-8-24-10)17(32)23-5-13(27)20-4-12(26)21-7-15(29)30/h3,8-9,11H,2,4-7,18H2,1H3,(H,19,24)(H,20,27)(H,21,26)(H,22,31)(H,23,32)(H,25,28)(H,29,30)/t9-,11-/m0/s1. The highest BCUT2D eigenvalue weighted by Crippen LogP contribution is 1.99. The van der Waals surface area contributed by atoms with Crippen LogP contribution in [0, 0.1) is 0 Å². The fourth-order valence-electron chi connectivity index (χ4n) is 2.17. The number of nitrogens with zero attached hydrogens (tertiary/aromatic N) is 1. The monoisotopic (exact) mass is 454 g/mol. The summed E-state index contributed by atoms with van der Waals surface area (Å²) in [6, 6.07) is -1.90. The fraction of sp³-hybridized carbons (Fsp3) is 0.471. The van der Waals surface area contributed by atoms with Gasteiger partial charge >= 0.3 is 5.97 Å². The van der Waals surface area contributed by atoms with Crippen LogP contribution in [0.1, 0.15) is 12.6 Å². The predicted octanol–water partition coefficient (Wildman–Crippen LogP) is -4.67. The second kappa shape index (κ2) is 13.3. The summed E-state index contributed by atoms with van der Waals surface area (Å²) in [6.07, 6.45) is 2.86. The first-order chi connectivity index (χ1) is 15.1. The first-order valence-electron chi connectivity index (χ1n) is 9.41.